The molecule has 0 atom stereocenters. The lowest BCUT2D eigenvalue weighted by molar-refractivity contribution is 0.660. The molecule has 0 radical (unpaired) electrons. The second kappa shape index (κ2) is 14.4. The Balaban J connectivity index is 1.05. The van der Waals surface area contributed by atoms with Crippen LogP contribution in [0.4, 0.5) is 34.1 Å². The molecule has 2 heterocycles. The fraction of sp³-hybridized carbons (Fsp3) is 0.0882. The SMILES string of the molecule is CC1(C)c2ccccc2-c2cc(N(c3ccccc3)c3c4ccccc4cc4c3c3cccc5c6c(N(c7ccccc7)c7ccc8c(c7)-c7ccccc7C8(C)C)c7ccccc7cc6n4c35)ccc21. The van der Waals surface area contributed by atoms with Crippen LogP contribution in [0.5, 0.6) is 0 Å². The van der Waals surface area contributed by atoms with Gasteiger partial charge in [0.2, 0.25) is 0 Å². The lowest BCUT2D eigenvalue weighted by atomic mass is 9.82. The summed E-state index contributed by atoms with van der Waals surface area (Å²) in [6, 6.07) is 84.2. The number of fused-ring (bicyclic) bond motifs is 14. The maximum absolute atomic E-state index is 2.59. The van der Waals surface area contributed by atoms with Crippen LogP contribution in [0.25, 0.3) is 81.9 Å². The molecule has 0 bridgehead atoms. The van der Waals surface area contributed by atoms with Crippen LogP contribution < -0.4 is 9.80 Å². The molecule has 336 valence electrons. The van der Waals surface area contributed by atoms with Crippen molar-refractivity contribution in [1.29, 1.82) is 0 Å². The first-order chi connectivity index (χ1) is 34.8. The van der Waals surface area contributed by atoms with E-state index in [0.717, 1.165) is 22.7 Å². The third-order valence-electron chi connectivity index (χ3n) is 16.4. The molecular formula is C68H49N3. The van der Waals surface area contributed by atoms with Crippen molar-refractivity contribution in [2.45, 2.75) is 38.5 Å². The van der Waals surface area contributed by atoms with Crippen LogP contribution in [0, 0.1) is 0 Å². The van der Waals surface area contributed by atoms with Crippen molar-refractivity contribution in [3.63, 3.8) is 0 Å². The molecule has 0 saturated heterocycles. The summed E-state index contributed by atoms with van der Waals surface area (Å²) in [4.78, 5) is 5.07. The standard InChI is InChI=1S/C68H49N3/c1-67(2)56-32-17-15-28-50(56)54-40-46(34-36-58(54)67)69(44-22-7-5-8-23-44)65-48-26-13-11-20-42(48)38-60-62(65)52-30-19-31-53-63-61(71(60)64(52)53)39-43-21-12-14-27-49(43)66(63)70(45-24-9-6-10-25-45)47-35-37-59-55(41-47)51-29-16-18-33-57(51)68(59,3)4/h5-41H,1-4H3. The zero-order valence-corrected chi connectivity index (χ0v) is 40.2. The highest BCUT2D eigenvalue weighted by molar-refractivity contribution is 6.33. The number of hydrogen-bond donors (Lipinski definition) is 0. The summed E-state index contributed by atoms with van der Waals surface area (Å²) >= 11 is 0. The van der Waals surface area contributed by atoms with E-state index in [9.17, 15) is 0 Å². The van der Waals surface area contributed by atoms with Gasteiger partial charge in [0.05, 0.1) is 27.9 Å². The van der Waals surface area contributed by atoms with Crippen molar-refractivity contribution in [2.75, 3.05) is 9.80 Å². The van der Waals surface area contributed by atoms with Gasteiger partial charge in [-0.2, -0.15) is 0 Å². The number of rotatable bonds is 6. The van der Waals surface area contributed by atoms with Crippen molar-refractivity contribution >= 4 is 93.8 Å². The Hall–Kier alpha value is -8.66. The van der Waals surface area contributed by atoms with Crippen LogP contribution in [0.15, 0.2) is 224 Å². The van der Waals surface area contributed by atoms with Crippen LogP contribution in [0.3, 0.4) is 0 Å². The van der Waals surface area contributed by atoms with E-state index in [2.05, 4.69) is 266 Å². The molecule has 11 aromatic carbocycles. The predicted octanol–water partition coefficient (Wildman–Crippen LogP) is 18.7. The molecule has 0 saturated carbocycles. The van der Waals surface area contributed by atoms with Gasteiger partial charge in [0.15, 0.2) is 0 Å². The first-order valence-electron chi connectivity index (χ1n) is 25.0. The van der Waals surface area contributed by atoms with Crippen LogP contribution in [-0.2, 0) is 10.8 Å². The maximum atomic E-state index is 2.59. The summed E-state index contributed by atoms with van der Waals surface area (Å²) in [5.41, 5.74) is 21.1. The van der Waals surface area contributed by atoms with Crippen molar-refractivity contribution in [3.8, 4) is 22.3 Å². The smallest absolute Gasteiger partial charge is 0.0640 e. The first-order valence-corrected chi connectivity index (χ1v) is 25.0. The first kappa shape index (κ1) is 40.2. The largest absolute Gasteiger partial charge is 0.309 e. The summed E-state index contributed by atoms with van der Waals surface area (Å²) < 4.78 is 2.59. The molecule has 0 spiro atoms. The molecule has 15 rings (SSSR count). The highest BCUT2D eigenvalue weighted by atomic mass is 15.2. The summed E-state index contributed by atoms with van der Waals surface area (Å²) in [6.45, 7) is 9.45. The van der Waals surface area contributed by atoms with E-state index in [1.165, 1.54) is 116 Å². The number of para-hydroxylation sites is 3. The number of anilines is 6. The van der Waals surface area contributed by atoms with Crippen LogP contribution in [0.1, 0.15) is 49.9 Å². The molecule has 3 nitrogen and oxygen atoms in total. The van der Waals surface area contributed by atoms with Crippen molar-refractivity contribution in [3.05, 3.63) is 247 Å². The number of hydrogen-bond acceptors (Lipinski definition) is 2. The van der Waals surface area contributed by atoms with Gasteiger partial charge in [0.1, 0.15) is 0 Å². The van der Waals surface area contributed by atoms with Gasteiger partial charge in [0.25, 0.3) is 0 Å². The maximum Gasteiger partial charge on any atom is 0.0640 e. The third kappa shape index (κ3) is 5.44. The Morgan fingerprint density at radius 2 is 0.690 bits per heavy atom. The molecule has 3 heteroatoms. The normalized spacial score (nSPS) is 14.1. The van der Waals surface area contributed by atoms with E-state index < -0.39 is 0 Å². The highest BCUT2D eigenvalue weighted by Gasteiger charge is 2.38. The lowest BCUT2D eigenvalue weighted by Gasteiger charge is -2.29. The molecule has 71 heavy (non-hydrogen) atoms. The number of nitrogens with zero attached hydrogens (tertiary/aromatic N) is 3. The zero-order chi connectivity index (χ0) is 47.3. The summed E-state index contributed by atoms with van der Waals surface area (Å²) in [6.07, 6.45) is 0. The summed E-state index contributed by atoms with van der Waals surface area (Å²) in [5, 5.41) is 9.78. The molecular weight excluding hydrogens is 859 g/mol. The third-order valence-corrected chi connectivity index (χ3v) is 16.4. The minimum atomic E-state index is -0.0923. The van der Waals surface area contributed by atoms with Gasteiger partial charge in [-0.15, -0.1) is 0 Å². The summed E-state index contributed by atoms with van der Waals surface area (Å²) in [7, 11) is 0. The minimum Gasteiger partial charge on any atom is -0.309 e. The van der Waals surface area contributed by atoms with Gasteiger partial charge in [0, 0.05) is 65.9 Å². The molecule has 0 fully saturated rings. The van der Waals surface area contributed by atoms with Crippen LogP contribution >= 0.6 is 0 Å². The van der Waals surface area contributed by atoms with E-state index >= 15 is 0 Å². The van der Waals surface area contributed by atoms with Gasteiger partial charge in [-0.3, -0.25) is 0 Å². The average molecular weight is 908 g/mol. The second-order valence-corrected chi connectivity index (χ2v) is 20.9. The Bertz CT molecular complexity index is 4070. The fourth-order valence-electron chi connectivity index (χ4n) is 13.2. The topological polar surface area (TPSA) is 10.9 Å². The Kier molecular flexibility index (Phi) is 8.19. The quantitative estimate of drug-likeness (QED) is 0.165. The number of aromatic nitrogens is 1. The summed E-state index contributed by atoms with van der Waals surface area (Å²) in [5.74, 6) is 0. The van der Waals surface area contributed by atoms with Gasteiger partial charge in [-0.1, -0.05) is 191 Å². The number of benzene rings is 11. The molecule has 0 N–H and O–H groups in total. The molecule has 13 aromatic rings. The molecule has 2 aliphatic carbocycles. The van der Waals surface area contributed by atoms with E-state index in [4.69, 9.17) is 0 Å². The zero-order valence-electron chi connectivity index (χ0n) is 40.2. The van der Waals surface area contributed by atoms with Gasteiger partial charge >= 0.3 is 0 Å². The van der Waals surface area contributed by atoms with Gasteiger partial charge in [-0.25, -0.2) is 0 Å². The molecule has 0 aliphatic heterocycles. The van der Waals surface area contributed by atoms with Crippen molar-refractivity contribution in [2.24, 2.45) is 0 Å². The predicted molar refractivity (Wildman–Crippen MR) is 301 cm³/mol. The molecule has 0 amide bonds. The Morgan fingerprint density at radius 1 is 0.310 bits per heavy atom. The average Bonchev–Trinajstić information content (AvgIpc) is 4.07. The van der Waals surface area contributed by atoms with E-state index in [0.29, 0.717) is 0 Å². The van der Waals surface area contributed by atoms with E-state index in [1.54, 1.807) is 0 Å². The fourth-order valence-corrected chi connectivity index (χ4v) is 13.2. The highest BCUT2D eigenvalue weighted by Crippen LogP contribution is 2.56. The molecule has 2 aliphatic rings. The molecule has 2 aromatic heterocycles. The Labute approximate surface area is 413 Å². The lowest BCUT2D eigenvalue weighted by Crippen LogP contribution is -2.15. The monoisotopic (exact) mass is 907 g/mol. The minimum absolute atomic E-state index is 0.0923. The van der Waals surface area contributed by atoms with Gasteiger partial charge in [-0.05, 0) is 116 Å². The molecule has 0 unspecified atom stereocenters. The van der Waals surface area contributed by atoms with Crippen molar-refractivity contribution in [1.82, 2.24) is 4.40 Å². The second-order valence-electron chi connectivity index (χ2n) is 20.9. The van der Waals surface area contributed by atoms with Gasteiger partial charge < -0.3 is 14.2 Å². The van der Waals surface area contributed by atoms with E-state index in [-0.39, 0.29) is 10.8 Å². The van der Waals surface area contributed by atoms with Crippen LogP contribution in [-0.4, -0.2) is 4.40 Å². The van der Waals surface area contributed by atoms with E-state index in [1.807, 2.05) is 0 Å². The Morgan fingerprint density at radius 3 is 1.15 bits per heavy atom. The van der Waals surface area contributed by atoms with Crippen LogP contribution in [0.2, 0.25) is 0 Å². The van der Waals surface area contributed by atoms with Crippen molar-refractivity contribution < 1.29 is 0 Å².